The van der Waals surface area contributed by atoms with Crippen molar-refractivity contribution in [2.24, 2.45) is 17.8 Å². The molecule has 1 aromatic carbocycles. The maximum Gasteiger partial charge on any atom is 0.303 e. The van der Waals surface area contributed by atoms with Gasteiger partial charge in [-0.2, -0.15) is 0 Å². The largest absolute Gasteiger partial charge is 0.481 e. The van der Waals surface area contributed by atoms with Gasteiger partial charge in [-0.25, -0.2) is 9.98 Å². The van der Waals surface area contributed by atoms with E-state index in [0.29, 0.717) is 42.3 Å². The molecule has 0 saturated heterocycles. The van der Waals surface area contributed by atoms with Gasteiger partial charge >= 0.3 is 5.97 Å². The van der Waals surface area contributed by atoms with Crippen molar-refractivity contribution in [3.8, 4) is 11.4 Å². The van der Waals surface area contributed by atoms with Crippen molar-refractivity contribution >= 4 is 48.8 Å². The number of unbranched alkanes of at least 4 members (excludes halogenated alkanes) is 1. The Hall–Kier alpha value is -2.62. The minimum Gasteiger partial charge on any atom is -0.481 e. The van der Waals surface area contributed by atoms with Crippen LogP contribution in [0, 0.1) is 5.41 Å². The van der Waals surface area contributed by atoms with Gasteiger partial charge in [-0.1, -0.05) is 24.3 Å². The predicted molar refractivity (Wildman–Crippen MR) is 115 cm³/mol. The summed E-state index contributed by atoms with van der Waals surface area (Å²) >= 11 is 0. The minimum absolute atomic E-state index is 0. The highest BCUT2D eigenvalue weighted by Crippen LogP contribution is 2.34. The highest BCUT2D eigenvalue weighted by atomic mass is 35.5. The van der Waals surface area contributed by atoms with Crippen LogP contribution in [-0.2, 0) is 11.8 Å². The molecule has 2 aromatic rings. The Labute approximate surface area is 180 Å². The van der Waals surface area contributed by atoms with Gasteiger partial charge in [-0.05, 0) is 12.8 Å². The molecule has 1 aliphatic heterocycles. The second kappa shape index (κ2) is 10.2. The number of nitrogens with one attached hydrogen (secondary N) is 1. The number of hydrogen-bond acceptors (Lipinski definition) is 6. The third-order valence-corrected chi connectivity index (χ3v) is 4.49. The van der Waals surface area contributed by atoms with Gasteiger partial charge in [0.25, 0.3) is 0 Å². The number of rotatable bonds is 7. The summed E-state index contributed by atoms with van der Waals surface area (Å²) in [4.78, 5) is 21.2. The SMILES string of the molecule is Cl.Cl.Cn1c(-c2ccc(C(=N)N)cc2)nc2c1N=CN(CCCCC(=O)O)C2O. The van der Waals surface area contributed by atoms with E-state index in [9.17, 15) is 9.90 Å². The second-order valence-electron chi connectivity index (χ2n) is 6.40. The van der Waals surface area contributed by atoms with E-state index in [-0.39, 0.29) is 37.1 Å². The first-order chi connectivity index (χ1) is 12.9. The summed E-state index contributed by atoms with van der Waals surface area (Å²) in [6.45, 7) is 0.497. The number of benzene rings is 1. The molecule has 1 atom stereocenters. The van der Waals surface area contributed by atoms with Crippen LogP contribution in [0.5, 0.6) is 0 Å². The van der Waals surface area contributed by atoms with E-state index < -0.39 is 12.2 Å². The Morgan fingerprint density at radius 3 is 2.48 bits per heavy atom. The summed E-state index contributed by atoms with van der Waals surface area (Å²) in [6.07, 6.45) is 1.92. The molecular weight excluding hydrogens is 419 g/mol. The maximum atomic E-state index is 10.6. The lowest BCUT2D eigenvalue weighted by atomic mass is 10.1. The molecule has 0 fully saturated rings. The zero-order valence-electron chi connectivity index (χ0n) is 15.8. The average molecular weight is 443 g/mol. The first-order valence-corrected chi connectivity index (χ1v) is 8.59. The number of aromatic nitrogens is 2. The Balaban J connectivity index is 0.00000210. The number of fused-ring (bicyclic) bond motifs is 1. The molecule has 5 N–H and O–H groups in total. The van der Waals surface area contributed by atoms with Gasteiger partial charge in [0, 0.05) is 31.1 Å². The molecule has 3 rings (SSSR count). The molecule has 158 valence electrons. The van der Waals surface area contributed by atoms with E-state index in [0.717, 1.165) is 5.56 Å². The Morgan fingerprint density at radius 1 is 1.24 bits per heavy atom. The van der Waals surface area contributed by atoms with Gasteiger partial charge in [0.05, 0.1) is 6.34 Å². The molecule has 1 aliphatic rings. The fourth-order valence-corrected chi connectivity index (χ4v) is 2.99. The van der Waals surface area contributed by atoms with Crippen LogP contribution in [0.15, 0.2) is 29.3 Å². The normalized spacial score (nSPS) is 14.6. The predicted octanol–water partition coefficient (Wildman–Crippen LogP) is 2.44. The Kier molecular flexibility index (Phi) is 8.62. The van der Waals surface area contributed by atoms with Crippen LogP contribution in [0.1, 0.15) is 36.7 Å². The molecule has 0 spiro atoms. The molecule has 1 unspecified atom stereocenters. The molecule has 1 aromatic heterocycles. The standard InChI is InChI=1S/C18H22N6O3.2ClH/c1-23-16(12-7-5-11(6-8-12)15(19)20)22-14-17(23)21-10-24(18(14)27)9-3-2-4-13(25)26;;/h5-8,10,18,27H,2-4,9H2,1H3,(H3,19,20)(H,25,26);2*1H. The molecule has 0 amide bonds. The van der Waals surface area contributed by atoms with Crippen LogP contribution < -0.4 is 5.73 Å². The summed E-state index contributed by atoms with van der Waals surface area (Å²) < 4.78 is 1.81. The van der Waals surface area contributed by atoms with Crippen LogP contribution in [0.2, 0.25) is 0 Å². The maximum absolute atomic E-state index is 10.6. The summed E-state index contributed by atoms with van der Waals surface area (Å²) in [7, 11) is 1.83. The van der Waals surface area contributed by atoms with Crippen molar-refractivity contribution in [3.05, 3.63) is 35.5 Å². The summed E-state index contributed by atoms with van der Waals surface area (Å²) in [5, 5.41) is 26.8. The van der Waals surface area contributed by atoms with E-state index in [1.54, 1.807) is 27.9 Å². The monoisotopic (exact) mass is 442 g/mol. The second-order valence-corrected chi connectivity index (χ2v) is 6.40. The van der Waals surface area contributed by atoms with Gasteiger partial charge in [-0.3, -0.25) is 10.2 Å². The number of carboxylic acid groups (broad SMARTS) is 1. The van der Waals surface area contributed by atoms with Gasteiger partial charge < -0.3 is 25.4 Å². The molecular formula is C18H24Cl2N6O3. The van der Waals surface area contributed by atoms with Gasteiger partial charge in [0.2, 0.25) is 0 Å². The molecule has 0 saturated carbocycles. The van der Waals surface area contributed by atoms with Crippen molar-refractivity contribution in [2.45, 2.75) is 25.5 Å². The summed E-state index contributed by atoms with van der Waals surface area (Å²) in [6, 6.07) is 7.15. The molecule has 0 bridgehead atoms. The van der Waals surface area contributed by atoms with Crippen LogP contribution in [0.4, 0.5) is 5.82 Å². The lowest BCUT2D eigenvalue weighted by molar-refractivity contribution is -0.137. The smallest absolute Gasteiger partial charge is 0.303 e. The molecule has 11 heteroatoms. The van der Waals surface area contributed by atoms with Crippen molar-refractivity contribution in [2.75, 3.05) is 6.54 Å². The number of amidine groups is 1. The number of halogens is 2. The number of carboxylic acids is 1. The van der Waals surface area contributed by atoms with Crippen LogP contribution in [0.3, 0.4) is 0 Å². The fourth-order valence-electron chi connectivity index (χ4n) is 2.99. The Morgan fingerprint density at radius 2 is 1.90 bits per heavy atom. The quantitative estimate of drug-likeness (QED) is 0.294. The number of hydrogen-bond donors (Lipinski definition) is 4. The van der Waals surface area contributed by atoms with E-state index in [1.807, 2.05) is 19.2 Å². The molecule has 2 heterocycles. The number of aliphatic carboxylic acids is 1. The van der Waals surface area contributed by atoms with Gasteiger partial charge in [0.1, 0.15) is 17.4 Å². The number of aliphatic hydroxyl groups is 1. The lowest BCUT2D eigenvalue weighted by Gasteiger charge is -2.27. The fraction of sp³-hybridized carbons (Fsp3) is 0.333. The number of imidazole rings is 1. The minimum atomic E-state index is -0.932. The third kappa shape index (κ3) is 5.26. The van der Waals surface area contributed by atoms with E-state index in [4.69, 9.17) is 16.2 Å². The highest BCUT2D eigenvalue weighted by Gasteiger charge is 2.28. The van der Waals surface area contributed by atoms with Crippen LogP contribution >= 0.6 is 24.8 Å². The van der Waals surface area contributed by atoms with E-state index >= 15 is 0 Å². The number of aliphatic hydroxyl groups excluding tert-OH is 1. The van der Waals surface area contributed by atoms with E-state index in [1.165, 1.54) is 0 Å². The van der Waals surface area contributed by atoms with Crippen molar-refractivity contribution in [1.82, 2.24) is 14.5 Å². The zero-order chi connectivity index (χ0) is 19.6. The molecule has 9 nitrogen and oxygen atoms in total. The Bertz CT molecular complexity index is 898. The number of nitrogen functional groups attached to an aromatic ring is 1. The number of carbonyl (C=O) groups is 1. The molecule has 0 radical (unpaired) electrons. The number of nitrogens with two attached hydrogens (primary N) is 1. The first kappa shape index (κ1) is 24.4. The summed E-state index contributed by atoms with van der Waals surface area (Å²) in [5.41, 5.74) is 7.40. The van der Waals surface area contributed by atoms with Crippen molar-refractivity contribution in [1.29, 1.82) is 5.41 Å². The third-order valence-electron chi connectivity index (χ3n) is 4.49. The average Bonchev–Trinajstić information content (AvgIpc) is 2.98. The van der Waals surface area contributed by atoms with Gasteiger partial charge in [-0.15, -0.1) is 24.8 Å². The van der Waals surface area contributed by atoms with Crippen molar-refractivity contribution in [3.63, 3.8) is 0 Å². The zero-order valence-corrected chi connectivity index (χ0v) is 17.4. The van der Waals surface area contributed by atoms with Crippen molar-refractivity contribution < 1.29 is 15.0 Å². The highest BCUT2D eigenvalue weighted by molar-refractivity contribution is 5.95. The van der Waals surface area contributed by atoms with Crippen LogP contribution in [-0.4, -0.2) is 49.4 Å². The lowest BCUT2D eigenvalue weighted by Crippen LogP contribution is -2.31. The molecule has 0 aliphatic carbocycles. The summed E-state index contributed by atoms with van der Waals surface area (Å²) in [5.74, 6) is 0.406. The first-order valence-electron chi connectivity index (χ1n) is 8.59. The van der Waals surface area contributed by atoms with Gasteiger partial charge in [0.15, 0.2) is 12.0 Å². The molecule has 29 heavy (non-hydrogen) atoms. The van der Waals surface area contributed by atoms with Crippen LogP contribution in [0.25, 0.3) is 11.4 Å². The topological polar surface area (TPSA) is 141 Å². The number of aliphatic imine (C=N–C) groups is 1. The van der Waals surface area contributed by atoms with E-state index in [2.05, 4.69) is 9.98 Å². The number of nitrogens with zero attached hydrogens (tertiary/aromatic N) is 4.